The first-order chi connectivity index (χ1) is 13.6. The van der Waals surface area contributed by atoms with Crippen molar-refractivity contribution in [2.45, 2.75) is 26.8 Å². The van der Waals surface area contributed by atoms with Crippen LogP contribution in [0.2, 0.25) is 0 Å². The van der Waals surface area contributed by atoms with Crippen LogP contribution in [0.15, 0.2) is 65.9 Å². The molecule has 7 nitrogen and oxygen atoms in total. The fourth-order valence-electron chi connectivity index (χ4n) is 2.93. The summed E-state index contributed by atoms with van der Waals surface area (Å²) in [4.78, 5) is 17.1. The number of anilines is 2. The van der Waals surface area contributed by atoms with Gasteiger partial charge in [-0.05, 0) is 43.3 Å². The van der Waals surface area contributed by atoms with Crippen LogP contribution in [-0.2, 0) is 17.8 Å². The average molecular weight is 375 g/mol. The molecule has 1 amide bonds. The molecule has 0 aliphatic carbocycles. The molecule has 0 atom stereocenters. The molecular formula is C21H21N5O2. The maximum absolute atomic E-state index is 12.7. The number of amides is 1. The second-order valence-electron chi connectivity index (χ2n) is 6.49. The standard InChI is InChI=1S/C21H21N5O2/c1-3-19-24-21-22-14(2)18(13-26(21)25-19)20(27)23-15-9-11-17(12-10-15)28-16-7-5-4-6-8-16/h4-12H,3,13H2,1-2H3,(H,23,27)(H,22,24,25). The summed E-state index contributed by atoms with van der Waals surface area (Å²) in [5, 5.41) is 10.5. The summed E-state index contributed by atoms with van der Waals surface area (Å²) in [6.07, 6.45) is 0.750. The summed E-state index contributed by atoms with van der Waals surface area (Å²) in [5.74, 6) is 2.74. The van der Waals surface area contributed by atoms with E-state index in [1.807, 2.05) is 68.4 Å². The van der Waals surface area contributed by atoms with Gasteiger partial charge in [-0.1, -0.05) is 25.1 Å². The second-order valence-corrected chi connectivity index (χ2v) is 6.49. The number of nitrogens with one attached hydrogen (secondary N) is 2. The maximum atomic E-state index is 12.7. The third-order valence-corrected chi connectivity index (χ3v) is 4.46. The number of allylic oxidation sites excluding steroid dienone is 1. The Morgan fingerprint density at radius 1 is 1.14 bits per heavy atom. The third-order valence-electron chi connectivity index (χ3n) is 4.46. The number of rotatable bonds is 5. The van der Waals surface area contributed by atoms with Crippen LogP contribution in [0.1, 0.15) is 19.7 Å². The Hall–Kier alpha value is -3.61. The molecular weight excluding hydrogens is 354 g/mol. The van der Waals surface area contributed by atoms with E-state index in [0.29, 0.717) is 29.5 Å². The van der Waals surface area contributed by atoms with Gasteiger partial charge in [-0.2, -0.15) is 10.1 Å². The predicted molar refractivity (Wildman–Crippen MR) is 107 cm³/mol. The van der Waals surface area contributed by atoms with Gasteiger partial charge in [0.15, 0.2) is 5.82 Å². The summed E-state index contributed by atoms with van der Waals surface area (Å²) in [6, 6.07) is 16.8. The van der Waals surface area contributed by atoms with Crippen molar-refractivity contribution in [3.63, 3.8) is 0 Å². The average Bonchev–Trinajstić information content (AvgIpc) is 3.11. The highest BCUT2D eigenvalue weighted by atomic mass is 16.5. The van der Waals surface area contributed by atoms with E-state index in [0.717, 1.165) is 23.7 Å². The van der Waals surface area contributed by atoms with Gasteiger partial charge in [-0.15, -0.1) is 0 Å². The number of carbonyl (C=O) groups is 1. The molecule has 0 bridgehead atoms. The Morgan fingerprint density at radius 2 is 1.86 bits per heavy atom. The first-order valence-corrected chi connectivity index (χ1v) is 9.17. The molecule has 2 aromatic carbocycles. The maximum Gasteiger partial charge on any atom is 0.255 e. The van der Waals surface area contributed by atoms with Crippen molar-refractivity contribution in [3.05, 3.63) is 71.7 Å². The number of ether oxygens (including phenoxy) is 1. The number of aryl methyl sites for hydroxylation is 1. The summed E-state index contributed by atoms with van der Waals surface area (Å²) < 4.78 is 7.49. The summed E-state index contributed by atoms with van der Waals surface area (Å²) in [7, 11) is 0. The smallest absolute Gasteiger partial charge is 0.255 e. The van der Waals surface area contributed by atoms with Crippen LogP contribution in [0.25, 0.3) is 0 Å². The minimum Gasteiger partial charge on any atom is -0.457 e. The molecule has 0 spiro atoms. The van der Waals surface area contributed by atoms with E-state index in [1.54, 1.807) is 4.68 Å². The molecule has 0 unspecified atom stereocenters. The minimum atomic E-state index is -0.166. The highest BCUT2D eigenvalue weighted by molar-refractivity contribution is 6.04. The van der Waals surface area contributed by atoms with Crippen molar-refractivity contribution >= 4 is 17.5 Å². The Kier molecular flexibility index (Phi) is 4.80. The molecule has 7 heteroatoms. The fraction of sp³-hybridized carbons (Fsp3) is 0.190. The molecule has 0 saturated carbocycles. The highest BCUT2D eigenvalue weighted by Gasteiger charge is 2.23. The summed E-state index contributed by atoms with van der Waals surface area (Å²) in [6.45, 7) is 4.26. The van der Waals surface area contributed by atoms with Crippen molar-refractivity contribution in [1.82, 2.24) is 14.8 Å². The molecule has 2 heterocycles. The van der Waals surface area contributed by atoms with E-state index in [2.05, 4.69) is 20.7 Å². The third kappa shape index (κ3) is 3.73. The molecule has 0 saturated heterocycles. The Balaban J connectivity index is 1.43. The van der Waals surface area contributed by atoms with Crippen molar-refractivity contribution in [3.8, 4) is 11.5 Å². The van der Waals surface area contributed by atoms with E-state index in [-0.39, 0.29) is 5.91 Å². The van der Waals surface area contributed by atoms with E-state index in [9.17, 15) is 4.79 Å². The number of hydrogen-bond acceptors (Lipinski definition) is 5. The SMILES string of the molecule is CCc1nc2n(n1)CC(C(=O)Nc1ccc(Oc3ccccc3)cc1)=C(C)N2. The Morgan fingerprint density at radius 3 is 2.57 bits per heavy atom. The van der Waals surface area contributed by atoms with Crippen molar-refractivity contribution in [1.29, 1.82) is 0 Å². The van der Waals surface area contributed by atoms with E-state index in [1.165, 1.54) is 0 Å². The van der Waals surface area contributed by atoms with Gasteiger partial charge in [0.05, 0.1) is 12.1 Å². The van der Waals surface area contributed by atoms with Crippen LogP contribution in [0.5, 0.6) is 11.5 Å². The molecule has 28 heavy (non-hydrogen) atoms. The molecule has 0 radical (unpaired) electrons. The van der Waals surface area contributed by atoms with E-state index >= 15 is 0 Å². The highest BCUT2D eigenvalue weighted by Crippen LogP contribution is 2.24. The largest absolute Gasteiger partial charge is 0.457 e. The Bertz CT molecular complexity index is 1020. The molecule has 4 rings (SSSR count). The van der Waals surface area contributed by atoms with Gasteiger partial charge in [-0.25, -0.2) is 4.68 Å². The zero-order valence-corrected chi connectivity index (χ0v) is 15.8. The molecule has 142 valence electrons. The van der Waals surface area contributed by atoms with Crippen molar-refractivity contribution in [2.24, 2.45) is 0 Å². The number of para-hydroxylation sites is 1. The van der Waals surface area contributed by atoms with Crippen LogP contribution < -0.4 is 15.4 Å². The van der Waals surface area contributed by atoms with Crippen LogP contribution >= 0.6 is 0 Å². The first-order valence-electron chi connectivity index (χ1n) is 9.17. The van der Waals surface area contributed by atoms with E-state index < -0.39 is 0 Å². The second kappa shape index (κ2) is 7.56. The monoisotopic (exact) mass is 375 g/mol. The predicted octanol–water partition coefficient (Wildman–Crippen LogP) is 3.97. The number of aromatic nitrogens is 3. The number of fused-ring (bicyclic) bond motifs is 1. The van der Waals surface area contributed by atoms with Gasteiger partial charge in [0.1, 0.15) is 11.5 Å². The zero-order chi connectivity index (χ0) is 19.5. The lowest BCUT2D eigenvalue weighted by molar-refractivity contribution is -0.113. The first kappa shape index (κ1) is 17.8. The quantitative estimate of drug-likeness (QED) is 0.705. The fourth-order valence-corrected chi connectivity index (χ4v) is 2.93. The number of hydrogen-bond donors (Lipinski definition) is 2. The minimum absolute atomic E-state index is 0.166. The number of nitrogens with zero attached hydrogens (tertiary/aromatic N) is 3. The van der Waals surface area contributed by atoms with Gasteiger partial charge in [0, 0.05) is 17.8 Å². The molecule has 3 aromatic rings. The normalized spacial score (nSPS) is 12.9. The van der Waals surface area contributed by atoms with Gasteiger partial charge in [0.25, 0.3) is 5.91 Å². The van der Waals surface area contributed by atoms with Crippen LogP contribution in [-0.4, -0.2) is 20.7 Å². The van der Waals surface area contributed by atoms with Gasteiger partial charge in [0.2, 0.25) is 5.95 Å². The zero-order valence-electron chi connectivity index (χ0n) is 15.8. The summed E-state index contributed by atoms with van der Waals surface area (Å²) in [5.41, 5.74) is 2.11. The van der Waals surface area contributed by atoms with Crippen LogP contribution in [0.4, 0.5) is 11.6 Å². The lowest BCUT2D eigenvalue weighted by Crippen LogP contribution is -2.26. The number of benzene rings is 2. The molecule has 1 aliphatic heterocycles. The molecule has 1 aliphatic rings. The topological polar surface area (TPSA) is 81.1 Å². The van der Waals surface area contributed by atoms with Gasteiger partial charge in [-0.3, -0.25) is 4.79 Å². The molecule has 2 N–H and O–H groups in total. The molecule has 0 fully saturated rings. The lowest BCUT2D eigenvalue weighted by atomic mass is 10.1. The van der Waals surface area contributed by atoms with Gasteiger partial charge < -0.3 is 15.4 Å². The Labute approximate surface area is 163 Å². The lowest BCUT2D eigenvalue weighted by Gasteiger charge is -2.19. The van der Waals surface area contributed by atoms with Gasteiger partial charge >= 0.3 is 0 Å². The number of carbonyl (C=O) groups excluding carboxylic acids is 1. The summed E-state index contributed by atoms with van der Waals surface area (Å²) >= 11 is 0. The van der Waals surface area contributed by atoms with Crippen LogP contribution in [0.3, 0.4) is 0 Å². The van der Waals surface area contributed by atoms with Crippen LogP contribution in [0, 0.1) is 0 Å². The van der Waals surface area contributed by atoms with E-state index in [4.69, 9.17) is 4.74 Å². The van der Waals surface area contributed by atoms with Crippen molar-refractivity contribution in [2.75, 3.05) is 10.6 Å². The van der Waals surface area contributed by atoms with Crippen molar-refractivity contribution < 1.29 is 9.53 Å². The molecule has 1 aromatic heterocycles.